The highest BCUT2D eigenvalue weighted by atomic mass is 32.1. The topological polar surface area (TPSA) is 45.9 Å². The van der Waals surface area contributed by atoms with Crippen LogP contribution in [0, 0.1) is 0 Å². The molecule has 3 aromatic rings. The first-order valence-corrected chi connectivity index (χ1v) is 13.0. The zero-order chi connectivity index (χ0) is 22.9. The summed E-state index contributed by atoms with van der Waals surface area (Å²) in [5.74, 6) is 1.60. The molecule has 2 aliphatic heterocycles. The average molecular weight is 467 g/mol. The zero-order valence-electron chi connectivity index (χ0n) is 20.0. The number of fused-ring (bicyclic) bond motifs is 2. The first kappa shape index (κ1) is 22.5. The molecule has 2 aliphatic rings. The molecule has 176 valence electrons. The third-order valence-corrected chi connectivity index (χ3v) is 8.93. The Morgan fingerprint density at radius 2 is 2.06 bits per heavy atom. The molecule has 1 saturated heterocycles. The number of methoxy groups -OCH3 is 1. The van der Waals surface area contributed by atoms with Crippen molar-refractivity contribution in [2.24, 2.45) is 0 Å². The zero-order valence-corrected chi connectivity index (χ0v) is 20.8. The molecular formula is C27H34N2O3S. The first-order chi connectivity index (χ1) is 16.1. The SMILES string of the molecule is CCc1c(CCN2CCC(c3coc4cc(OC)ccc34)CC2)sc2c1CN(C(C)=O)CC2. The summed E-state index contributed by atoms with van der Waals surface area (Å²) in [5, 5.41) is 1.23. The molecule has 5 nitrogen and oxygen atoms in total. The van der Waals surface area contributed by atoms with Gasteiger partial charge in [-0.3, -0.25) is 4.79 Å². The number of amides is 1. The van der Waals surface area contributed by atoms with E-state index < -0.39 is 0 Å². The van der Waals surface area contributed by atoms with Gasteiger partial charge in [0.25, 0.3) is 0 Å². The second kappa shape index (κ2) is 9.51. The number of carbonyl (C=O) groups excluding carboxylic acids is 1. The lowest BCUT2D eigenvalue weighted by atomic mass is 9.89. The van der Waals surface area contributed by atoms with E-state index in [2.05, 4.69) is 17.9 Å². The Balaban J connectivity index is 1.20. The molecule has 2 aromatic heterocycles. The lowest BCUT2D eigenvalue weighted by Crippen LogP contribution is -2.34. The van der Waals surface area contributed by atoms with Crippen LogP contribution in [-0.4, -0.2) is 49.0 Å². The van der Waals surface area contributed by atoms with Crippen molar-refractivity contribution < 1.29 is 13.9 Å². The first-order valence-electron chi connectivity index (χ1n) is 12.2. The molecule has 0 saturated carbocycles. The number of furan rings is 1. The van der Waals surface area contributed by atoms with Crippen LogP contribution in [0.25, 0.3) is 11.0 Å². The van der Waals surface area contributed by atoms with Gasteiger partial charge in [0.1, 0.15) is 11.3 Å². The fourth-order valence-corrected chi connectivity index (χ4v) is 6.97. The highest BCUT2D eigenvalue weighted by Gasteiger charge is 2.26. The van der Waals surface area contributed by atoms with E-state index in [4.69, 9.17) is 9.15 Å². The summed E-state index contributed by atoms with van der Waals surface area (Å²) in [4.78, 5) is 19.6. The standard InChI is InChI=1S/C27H34N2O3S/c1-4-21-23-16-29(18(2)30)14-10-27(23)33-26(21)9-13-28-11-7-19(8-12-28)24-17-32-25-15-20(31-3)5-6-22(24)25/h5-6,15,17,19H,4,7-14,16H2,1-3H3. The lowest BCUT2D eigenvalue weighted by Gasteiger charge is -2.31. The fraction of sp³-hybridized carbons (Fsp3) is 0.519. The minimum absolute atomic E-state index is 0.197. The van der Waals surface area contributed by atoms with Gasteiger partial charge in [0, 0.05) is 53.3 Å². The van der Waals surface area contributed by atoms with Gasteiger partial charge in [0.2, 0.25) is 5.91 Å². The van der Waals surface area contributed by atoms with Gasteiger partial charge in [0.05, 0.1) is 13.4 Å². The fourth-order valence-electron chi connectivity index (χ4n) is 5.58. The Kier molecular flexibility index (Phi) is 6.48. The summed E-state index contributed by atoms with van der Waals surface area (Å²) in [5.41, 5.74) is 5.22. The summed E-state index contributed by atoms with van der Waals surface area (Å²) in [6.07, 6.45) is 7.51. The molecule has 0 unspecified atom stereocenters. The number of nitrogens with zero attached hydrogens (tertiary/aromatic N) is 2. The van der Waals surface area contributed by atoms with Gasteiger partial charge < -0.3 is 19.0 Å². The molecule has 1 fully saturated rings. The van der Waals surface area contributed by atoms with E-state index in [1.807, 2.05) is 34.6 Å². The van der Waals surface area contributed by atoms with E-state index in [9.17, 15) is 4.79 Å². The van der Waals surface area contributed by atoms with Crippen LogP contribution in [0.3, 0.4) is 0 Å². The number of benzene rings is 1. The monoisotopic (exact) mass is 466 g/mol. The molecule has 1 amide bonds. The highest BCUT2D eigenvalue weighted by Crippen LogP contribution is 2.37. The second-order valence-corrected chi connectivity index (χ2v) is 10.6. The van der Waals surface area contributed by atoms with E-state index in [0.29, 0.717) is 5.92 Å². The van der Waals surface area contributed by atoms with Crippen molar-refractivity contribution in [2.75, 3.05) is 33.3 Å². The Morgan fingerprint density at radius 3 is 2.79 bits per heavy atom. The second-order valence-electron chi connectivity index (χ2n) is 9.37. The molecule has 0 aliphatic carbocycles. The van der Waals surface area contributed by atoms with Crippen molar-refractivity contribution in [2.45, 2.75) is 58.4 Å². The number of rotatable bonds is 6. The van der Waals surface area contributed by atoms with Crippen molar-refractivity contribution in [3.63, 3.8) is 0 Å². The number of hydrogen-bond acceptors (Lipinski definition) is 5. The number of likely N-dealkylation sites (tertiary alicyclic amines) is 1. The highest BCUT2D eigenvalue weighted by molar-refractivity contribution is 7.12. The summed E-state index contributed by atoms with van der Waals surface area (Å²) in [6, 6.07) is 6.14. The molecule has 33 heavy (non-hydrogen) atoms. The van der Waals surface area contributed by atoms with Crippen LogP contribution >= 0.6 is 11.3 Å². The van der Waals surface area contributed by atoms with Crippen LogP contribution in [0.4, 0.5) is 0 Å². The Labute approximate surface area is 200 Å². The number of carbonyl (C=O) groups is 1. The minimum atomic E-state index is 0.197. The van der Waals surface area contributed by atoms with Gasteiger partial charge in [-0.2, -0.15) is 0 Å². The maximum Gasteiger partial charge on any atom is 0.219 e. The molecule has 5 rings (SSSR count). The van der Waals surface area contributed by atoms with Gasteiger partial charge in [-0.15, -0.1) is 11.3 Å². The summed E-state index contributed by atoms with van der Waals surface area (Å²) in [7, 11) is 1.69. The third-order valence-electron chi connectivity index (χ3n) is 7.54. The van der Waals surface area contributed by atoms with Crippen LogP contribution in [0.5, 0.6) is 5.75 Å². The van der Waals surface area contributed by atoms with Crippen LogP contribution in [-0.2, 0) is 30.6 Å². The molecule has 4 heterocycles. The van der Waals surface area contributed by atoms with E-state index in [1.165, 1.54) is 39.8 Å². The quantitative estimate of drug-likeness (QED) is 0.489. The van der Waals surface area contributed by atoms with Crippen molar-refractivity contribution >= 4 is 28.2 Å². The maximum absolute atomic E-state index is 11.9. The van der Waals surface area contributed by atoms with Gasteiger partial charge >= 0.3 is 0 Å². The van der Waals surface area contributed by atoms with E-state index in [1.54, 1.807) is 18.9 Å². The minimum Gasteiger partial charge on any atom is -0.497 e. The van der Waals surface area contributed by atoms with E-state index in [0.717, 1.165) is 63.3 Å². The maximum atomic E-state index is 11.9. The third kappa shape index (κ3) is 4.43. The van der Waals surface area contributed by atoms with Gasteiger partial charge in [0.15, 0.2) is 0 Å². The van der Waals surface area contributed by atoms with E-state index >= 15 is 0 Å². The number of ether oxygens (including phenoxy) is 1. The molecule has 0 N–H and O–H groups in total. The molecule has 6 heteroatoms. The van der Waals surface area contributed by atoms with Crippen molar-refractivity contribution in [1.29, 1.82) is 0 Å². The average Bonchev–Trinajstić information content (AvgIpc) is 3.42. The van der Waals surface area contributed by atoms with Crippen LogP contribution in [0.1, 0.15) is 59.1 Å². The largest absolute Gasteiger partial charge is 0.497 e. The molecule has 1 aromatic carbocycles. The predicted octanol–water partition coefficient (Wildman–Crippen LogP) is 5.39. The summed E-state index contributed by atoms with van der Waals surface area (Å²) >= 11 is 2.00. The Hall–Kier alpha value is -2.31. The molecule has 0 atom stereocenters. The normalized spacial score (nSPS) is 17.5. The molecular weight excluding hydrogens is 432 g/mol. The van der Waals surface area contributed by atoms with Crippen molar-refractivity contribution in [3.8, 4) is 5.75 Å². The smallest absolute Gasteiger partial charge is 0.219 e. The van der Waals surface area contributed by atoms with Gasteiger partial charge in [-0.25, -0.2) is 0 Å². The predicted molar refractivity (Wildman–Crippen MR) is 133 cm³/mol. The van der Waals surface area contributed by atoms with Crippen LogP contribution < -0.4 is 4.74 Å². The number of hydrogen-bond donors (Lipinski definition) is 0. The van der Waals surface area contributed by atoms with Crippen molar-refractivity contribution in [1.82, 2.24) is 9.80 Å². The number of piperidine rings is 1. The van der Waals surface area contributed by atoms with Gasteiger partial charge in [-0.1, -0.05) is 6.92 Å². The Bertz CT molecular complexity index is 1140. The van der Waals surface area contributed by atoms with Crippen molar-refractivity contribution in [3.05, 3.63) is 50.9 Å². The number of thiophene rings is 1. The summed E-state index contributed by atoms with van der Waals surface area (Å²) < 4.78 is 11.2. The molecule has 0 spiro atoms. The Morgan fingerprint density at radius 1 is 1.24 bits per heavy atom. The van der Waals surface area contributed by atoms with E-state index in [-0.39, 0.29) is 5.91 Å². The molecule has 0 radical (unpaired) electrons. The van der Waals surface area contributed by atoms with Crippen LogP contribution in [0.2, 0.25) is 0 Å². The lowest BCUT2D eigenvalue weighted by molar-refractivity contribution is -0.129. The summed E-state index contributed by atoms with van der Waals surface area (Å²) in [6.45, 7) is 9.02. The molecule has 0 bridgehead atoms. The van der Waals surface area contributed by atoms with Gasteiger partial charge in [-0.05, 0) is 74.4 Å². The van der Waals surface area contributed by atoms with Crippen LogP contribution in [0.15, 0.2) is 28.9 Å².